The number of amides is 1. The lowest BCUT2D eigenvalue weighted by atomic mass is 9.88. The zero-order valence-electron chi connectivity index (χ0n) is 12.3. The summed E-state index contributed by atoms with van der Waals surface area (Å²) in [7, 11) is 0. The van der Waals surface area contributed by atoms with Gasteiger partial charge in [-0.25, -0.2) is 4.98 Å². The Morgan fingerprint density at radius 2 is 2.27 bits per heavy atom. The number of carbonyl (C=O) groups excluding carboxylic acids is 1. The molecule has 22 heavy (non-hydrogen) atoms. The van der Waals surface area contributed by atoms with Crippen LogP contribution in [0, 0.1) is 11.8 Å². The van der Waals surface area contributed by atoms with Crippen molar-refractivity contribution in [3.8, 4) is 11.6 Å². The molecule has 1 atom stereocenters. The Labute approximate surface area is 128 Å². The zero-order valence-corrected chi connectivity index (χ0v) is 12.3. The van der Waals surface area contributed by atoms with Gasteiger partial charge in [-0.2, -0.15) is 0 Å². The van der Waals surface area contributed by atoms with Gasteiger partial charge >= 0.3 is 0 Å². The predicted molar refractivity (Wildman–Crippen MR) is 82.7 cm³/mol. The van der Waals surface area contributed by atoms with Gasteiger partial charge in [0.25, 0.3) is 0 Å². The van der Waals surface area contributed by atoms with E-state index in [0.717, 1.165) is 13.1 Å². The summed E-state index contributed by atoms with van der Waals surface area (Å²) in [5, 5.41) is 6.12. The first-order valence-electron chi connectivity index (χ1n) is 7.28. The monoisotopic (exact) mass is 298 g/mol. The van der Waals surface area contributed by atoms with E-state index >= 15 is 0 Å². The van der Waals surface area contributed by atoms with E-state index in [4.69, 9.17) is 4.74 Å². The lowest BCUT2D eigenvalue weighted by Gasteiger charge is -2.31. The molecule has 1 amide bonds. The van der Waals surface area contributed by atoms with E-state index in [9.17, 15) is 4.79 Å². The van der Waals surface area contributed by atoms with Crippen LogP contribution in [0.4, 0.5) is 5.69 Å². The standard InChI is InChI=1S/C16H18N4O2/c1-11(12-8-18-9-12)16(21)20-13-3-2-4-14(7-13)22-15-10-17-5-6-19-15/h2-7,10-12,18H,8-9H2,1H3,(H,20,21). The largest absolute Gasteiger partial charge is 0.437 e. The molecule has 0 radical (unpaired) electrons. The molecule has 6 nitrogen and oxygen atoms in total. The molecule has 0 saturated carbocycles. The minimum atomic E-state index is -0.00851. The van der Waals surface area contributed by atoms with Crippen LogP contribution in [0.15, 0.2) is 42.9 Å². The SMILES string of the molecule is CC(C(=O)Nc1cccc(Oc2cnccn2)c1)C1CNC1. The number of ether oxygens (including phenoxy) is 1. The van der Waals surface area contributed by atoms with Crippen LogP contribution in [-0.2, 0) is 4.79 Å². The number of rotatable bonds is 5. The number of anilines is 1. The van der Waals surface area contributed by atoms with Crippen LogP contribution in [0.3, 0.4) is 0 Å². The highest BCUT2D eigenvalue weighted by molar-refractivity contribution is 5.92. The summed E-state index contributed by atoms with van der Waals surface area (Å²) in [5.41, 5.74) is 0.713. The Bertz CT molecular complexity index is 644. The minimum Gasteiger partial charge on any atom is -0.437 e. The predicted octanol–water partition coefficient (Wildman–Crippen LogP) is 2.06. The number of benzene rings is 1. The van der Waals surface area contributed by atoms with Crippen LogP contribution in [0.25, 0.3) is 0 Å². The van der Waals surface area contributed by atoms with Crippen LogP contribution >= 0.6 is 0 Å². The van der Waals surface area contributed by atoms with Crippen molar-refractivity contribution in [3.05, 3.63) is 42.9 Å². The molecule has 6 heteroatoms. The fourth-order valence-electron chi connectivity index (χ4n) is 2.23. The number of nitrogens with zero attached hydrogens (tertiary/aromatic N) is 2. The van der Waals surface area contributed by atoms with Crippen LogP contribution in [0.2, 0.25) is 0 Å². The molecule has 114 valence electrons. The van der Waals surface area contributed by atoms with Gasteiger partial charge < -0.3 is 15.4 Å². The summed E-state index contributed by atoms with van der Waals surface area (Å²) < 4.78 is 5.61. The van der Waals surface area contributed by atoms with Crippen LogP contribution in [0.5, 0.6) is 11.6 Å². The summed E-state index contributed by atoms with van der Waals surface area (Å²) in [6.45, 7) is 3.77. The Kier molecular flexibility index (Phi) is 4.29. The van der Waals surface area contributed by atoms with E-state index in [1.807, 2.05) is 25.1 Å². The average molecular weight is 298 g/mol. The van der Waals surface area contributed by atoms with Crippen molar-refractivity contribution in [2.24, 2.45) is 11.8 Å². The van der Waals surface area contributed by atoms with Crippen molar-refractivity contribution in [1.29, 1.82) is 0 Å². The third-order valence-corrected chi connectivity index (χ3v) is 3.80. The van der Waals surface area contributed by atoms with E-state index in [1.165, 1.54) is 6.20 Å². The fourth-order valence-corrected chi connectivity index (χ4v) is 2.23. The molecule has 1 saturated heterocycles. The number of hydrogen-bond donors (Lipinski definition) is 2. The first-order valence-corrected chi connectivity index (χ1v) is 7.28. The molecule has 2 aromatic rings. The van der Waals surface area contributed by atoms with Crippen molar-refractivity contribution in [2.75, 3.05) is 18.4 Å². The van der Waals surface area contributed by atoms with Gasteiger partial charge in [0.15, 0.2) is 0 Å². The molecule has 0 spiro atoms. The maximum atomic E-state index is 12.2. The van der Waals surface area contributed by atoms with Crippen molar-refractivity contribution < 1.29 is 9.53 Å². The van der Waals surface area contributed by atoms with E-state index in [-0.39, 0.29) is 11.8 Å². The van der Waals surface area contributed by atoms with Gasteiger partial charge in [0.2, 0.25) is 11.8 Å². The second-order valence-corrected chi connectivity index (χ2v) is 5.37. The molecule has 1 unspecified atom stereocenters. The molecule has 1 fully saturated rings. The van der Waals surface area contributed by atoms with Gasteiger partial charge in [0, 0.05) is 30.1 Å². The molecule has 3 rings (SSSR count). The van der Waals surface area contributed by atoms with Crippen LogP contribution in [-0.4, -0.2) is 29.0 Å². The first kappa shape index (κ1) is 14.5. The Balaban J connectivity index is 1.64. The number of aromatic nitrogens is 2. The van der Waals surface area contributed by atoms with Crippen molar-refractivity contribution in [2.45, 2.75) is 6.92 Å². The van der Waals surface area contributed by atoms with Gasteiger partial charge in [0.05, 0.1) is 6.20 Å². The quantitative estimate of drug-likeness (QED) is 0.883. The molecule has 1 aliphatic heterocycles. The van der Waals surface area contributed by atoms with Crippen molar-refractivity contribution >= 4 is 11.6 Å². The highest BCUT2D eigenvalue weighted by Gasteiger charge is 2.28. The van der Waals surface area contributed by atoms with Gasteiger partial charge in [-0.05, 0) is 31.1 Å². The summed E-state index contributed by atoms with van der Waals surface area (Å²) in [6.07, 6.45) is 4.69. The second kappa shape index (κ2) is 6.53. The first-order chi connectivity index (χ1) is 10.7. The molecule has 0 bridgehead atoms. The normalized spacial score (nSPS) is 15.7. The molecule has 1 aliphatic rings. The Morgan fingerprint density at radius 1 is 1.41 bits per heavy atom. The maximum Gasteiger partial charge on any atom is 0.237 e. The molecule has 2 N–H and O–H groups in total. The van der Waals surface area contributed by atoms with E-state index < -0.39 is 0 Å². The van der Waals surface area contributed by atoms with Crippen LogP contribution in [0.1, 0.15) is 6.92 Å². The van der Waals surface area contributed by atoms with E-state index in [1.54, 1.807) is 18.5 Å². The molecular formula is C16H18N4O2. The lowest BCUT2D eigenvalue weighted by Crippen LogP contribution is -2.48. The van der Waals surface area contributed by atoms with Crippen LogP contribution < -0.4 is 15.4 Å². The summed E-state index contributed by atoms with van der Waals surface area (Å²) in [4.78, 5) is 20.2. The fraction of sp³-hybridized carbons (Fsp3) is 0.312. The lowest BCUT2D eigenvalue weighted by molar-refractivity contribution is -0.121. The third kappa shape index (κ3) is 3.40. The molecule has 0 aliphatic carbocycles. The highest BCUT2D eigenvalue weighted by atomic mass is 16.5. The van der Waals surface area contributed by atoms with E-state index in [2.05, 4.69) is 20.6 Å². The second-order valence-electron chi connectivity index (χ2n) is 5.37. The van der Waals surface area contributed by atoms with Crippen molar-refractivity contribution in [1.82, 2.24) is 15.3 Å². The summed E-state index contributed by atoms with van der Waals surface area (Å²) in [6, 6.07) is 7.26. The third-order valence-electron chi connectivity index (χ3n) is 3.80. The van der Waals surface area contributed by atoms with Gasteiger partial charge in [-0.3, -0.25) is 9.78 Å². The van der Waals surface area contributed by atoms with Gasteiger partial charge in [-0.15, -0.1) is 0 Å². The molecule has 1 aromatic heterocycles. The Hall–Kier alpha value is -2.47. The average Bonchev–Trinajstić information content (AvgIpc) is 2.47. The van der Waals surface area contributed by atoms with Gasteiger partial charge in [-0.1, -0.05) is 13.0 Å². The summed E-state index contributed by atoms with van der Waals surface area (Å²) >= 11 is 0. The Morgan fingerprint density at radius 3 is 2.95 bits per heavy atom. The smallest absolute Gasteiger partial charge is 0.237 e. The zero-order chi connectivity index (χ0) is 15.4. The van der Waals surface area contributed by atoms with Gasteiger partial charge in [0.1, 0.15) is 5.75 Å². The topological polar surface area (TPSA) is 76.1 Å². The molecule has 2 heterocycles. The maximum absolute atomic E-state index is 12.2. The number of hydrogen-bond acceptors (Lipinski definition) is 5. The van der Waals surface area contributed by atoms with E-state index in [0.29, 0.717) is 23.2 Å². The minimum absolute atomic E-state index is 0.00851. The number of nitrogens with one attached hydrogen (secondary N) is 2. The van der Waals surface area contributed by atoms with Crippen molar-refractivity contribution in [3.63, 3.8) is 0 Å². The molecular weight excluding hydrogens is 280 g/mol. The summed E-state index contributed by atoms with van der Waals surface area (Å²) in [5.74, 6) is 1.46. The number of carbonyl (C=O) groups is 1. The highest BCUT2D eigenvalue weighted by Crippen LogP contribution is 2.23. The molecule has 1 aromatic carbocycles.